The molecule has 0 radical (unpaired) electrons. The zero-order chi connectivity index (χ0) is 19.9. The van der Waals surface area contributed by atoms with Gasteiger partial charge in [-0.05, 0) is 29.8 Å². The molecule has 0 aliphatic heterocycles. The van der Waals surface area contributed by atoms with E-state index in [2.05, 4.69) is 20.3 Å². The summed E-state index contributed by atoms with van der Waals surface area (Å²) in [6.45, 7) is -2.90. The number of nitrogens with zero attached hydrogens (tertiary/aromatic N) is 2. The van der Waals surface area contributed by atoms with Gasteiger partial charge in [-0.3, -0.25) is 0 Å². The summed E-state index contributed by atoms with van der Waals surface area (Å²) in [4.78, 5) is 0. The van der Waals surface area contributed by atoms with Crippen molar-refractivity contribution in [2.75, 3.05) is 19.5 Å². The third kappa shape index (κ3) is 5.46. The predicted molar refractivity (Wildman–Crippen MR) is 105 cm³/mol. The minimum Gasteiger partial charge on any atom is -0.497 e. The first-order chi connectivity index (χ1) is 13.6. The average Bonchev–Trinajstić information content (AvgIpc) is 3.14. The Hall–Kier alpha value is -2.59. The van der Waals surface area contributed by atoms with Gasteiger partial charge in [0, 0.05) is 17.5 Å². The quantitative estimate of drug-likeness (QED) is 0.473. The monoisotopic (exact) mass is 425 g/mol. The van der Waals surface area contributed by atoms with Crippen LogP contribution in [-0.2, 0) is 5.75 Å². The number of hydrogen-bond donors (Lipinski definition) is 1. The van der Waals surface area contributed by atoms with E-state index in [1.165, 1.54) is 36.3 Å². The van der Waals surface area contributed by atoms with Crippen molar-refractivity contribution in [2.24, 2.45) is 0 Å². The Kier molecular flexibility index (Phi) is 6.88. The third-order valence-corrected chi connectivity index (χ3v) is 5.58. The molecule has 6 nitrogen and oxygen atoms in total. The molecule has 3 aromatic rings. The number of aromatic nitrogens is 2. The number of rotatable bonds is 9. The predicted octanol–water partition coefficient (Wildman–Crippen LogP) is 5.19. The molecule has 0 fully saturated rings. The number of alkyl halides is 2. The molecule has 0 aliphatic rings. The Morgan fingerprint density at radius 2 is 1.93 bits per heavy atom. The standard InChI is InChI=1S/C18H17F2N3O3S2/c1-24-13-5-3-4-12(9-13)21-17-22-23-18(28-17)27-10-11-6-7-14(26-16(19)20)15(8-11)25-2/h3-9,16H,10H2,1-2H3,(H,21,22). The molecule has 0 saturated heterocycles. The lowest BCUT2D eigenvalue weighted by atomic mass is 10.2. The first-order valence-electron chi connectivity index (χ1n) is 8.06. The van der Waals surface area contributed by atoms with E-state index >= 15 is 0 Å². The number of ether oxygens (including phenoxy) is 3. The molecule has 28 heavy (non-hydrogen) atoms. The van der Waals surface area contributed by atoms with Crippen molar-refractivity contribution in [3.05, 3.63) is 48.0 Å². The van der Waals surface area contributed by atoms with Crippen molar-refractivity contribution < 1.29 is 23.0 Å². The number of hydrogen-bond acceptors (Lipinski definition) is 8. The summed E-state index contributed by atoms with van der Waals surface area (Å²) >= 11 is 2.90. The molecule has 0 atom stereocenters. The van der Waals surface area contributed by atoms with Crippen LogP contribution in [0.25, 0.3) is 0 Å². The number of halogens is 2. The minimum absolute atomic E-state index is 0.00643. The van der Waals surface area contributed by atoms with Gasteiger partial charge in [0.25, 0.3) is 0 Å². The molecule has 10 heteroatoms. The number of nitrogens with one attached hydrogen (secondary N) is 1. The van der Waals surface area contributed by atoms with Crippen molar-refractivity contribution >= 4 is 33.9 Å². The second-order valence-electron chi connectivity index (χ2n) is 5.38. The van der Waals surface area contributed by atoms with Crippen LogP contribution in [0.15, 0.2) is 46.8 Å². The van der Waals surface area contributed by atoms with E-state index in [-0.39, 0.29) is 11.5 Å². The molecule has 3 rings (SSSR count). The lowest BCUT2D eigenvalue weighted by Crippen LogP contribution is -2.03. The number of methoxy groups -OCH3 is 2. The summed E-state index contributed by atoms with van der Waals surface area (Å²) < 4.78 is 40.3. The maximum atomic E-state index is 12.4. The van der Waals surface area contributed by atoms with Gasteiger partial charge in [-0.2, -0.15) is 8.78 Å². The zero-order valence-electron chi connectivity index (χ0n) is 15.0. The molecule has 0 spiro atoms. The van der Waals surface area contributed by atoms with Gasteiger partial charge in [-0.15, -0.1) is 10.2 Å². The Balaban J connectivity index is 1.61. The highest BCUT2D eigenvalue weighted by atomic mass is 32.2. The molecule has 1 heterocycles. The fourth-order valence-electron chi connectivity index (χ4n) is 2.28. The Morgan fingerprint density at radius 3 is 2.68 bits per heavy atom. The van der Waals surface area contributed by atoms with Crippen LogP contribution in [0.5, 0.6) is 17.2 Å². The van der Waals surface area contributed by atoms with E-state index in [0.717, 1.165) is 21.3 Å². The fraction of sp³-hybridized carbons (Fsp3) is 0.222. The van der Waals surface area contributed by atoms with Crippen LogP contribution in [0.2, 0.25) is 0 Å². The Labute approximate surface area is 168 Å². The van der Waals surface area contributed by atoms with Crippen LogP contribution >= 0.6 is 23.1 Å². The van der Waals surface area contributed by atoms with Crippen molar-refractivity contribution in [1.29, 1.82) is 0 Å². The molecule has 0 unspecified atom stereocenters. The van der Waals surface area contributed by atoms with Crippen LogP contribution < -0.4 is 19.5 Å². The van der Waals surface area contributed by atoms with Gasteiger partial charge in [-0.25, -0.2) is 0 Å². The topological polar surface area (TPSA) is 65.5 Å². The van der Waals surface area contributed by atoms with E-state index in [9.17, 15) is 8.78 Å². The number of thioether (sulfide) groups is 1. The maximum absolute atomic E-state index is 12.4. The van der Waals surface area contributed by atoms with Crippen molar-refractivity contribution in [3.63, 3.8) is 0 Å². The minimum atomic E-state index is -2.90. The van der Waals surface area contributed by atoms with E-state index in [4.69, 9.17) is 9.47 Å². The lowest BCUT2D eigenvalue weighted by molar-refractivity contribution is -0.0512. The highest BCUT2D eigenvalue weighted by Gasteiger charge is 2.12. The Morgan fingerprint density at radius 1 is 1.07 bits per heavy atom. The van der Waals surface area contributed by atoms with E-state index in [1.807, 2.05) is 24.3 Å². The summed E-state index contributed by atoms with van der Waals surface area (Å²) in [7, 11) is 3.02. The van der Waals surface area contributed by atoms with Crippen LogP contribution in [0.4, 0.5) is 19.6 Å². The normalized spacial score (nSPS) is 10.8. The molecular formula is C18H17F2N3O3S2. The maximum Gasteiger partial charge on any atom is 0.387 e. The molecule has 0 bridgehead atoms. The average molecular weight is 425 g/mol. The van der Waals surface area contributed by atoms with Crippen LogP contribution in [0, 0.1) is 0 Å². The summed E-state index contributed by atoms with van der Waals surface area (Å²) in [5.74, 6) is 1.60. The van der Waals surface area contributed by atoms with Crippen LogP contribution in [0.3, 0.4) is 0 Å². The molecule has 0 saturated carbocycles. The summed E-state index contributed by atoms with van der Waals surface area (Å²) in [6, 6.07) is 12.4. The zero-order valence-corrected chi connectivity index (χ0v) is 16.7. The highest BCUT2D eigenvalue weighted by Crippen LogP contribution is 2.34. The van der Waals surface area contributed by atoms with Gasteiger partial charge in [0.15, 0.2) is 15.8 Å². The molecule has 1 aromatic heterocycles. The molecule has 2 aromatic carbocycles. The van der Waals surface area contributed by atoms with Crippen molar-refractivity contribution in [3.8, 4) is 17.2 Å². The molecule has 0 amide bonds. The van der Waals surface area contributed by atoms with Crippen molar-refractivity contribution in [2.45, 2.75) is 16.7 Å². The van der Waals surface area contributed by atoms with E-state index in [1.54, 1.807) is 19.2 Å². The molecule has 148 valence electrons. The second kappa shape index (κ2) is 9.56. The van der Waals surface area contributed by atoms with Gasteiger partial charge in [0.05, 0.1) is 14.2 Å². The third-order valence-electron chi connectivity index (χ3n) is 3.53. The number of anilines is 2. The van der Waals surface area contributed by atoms with Gasteiger partial charge in [0.2, 0.25) is 5.13 Å². The molecular weight excluding hydrogens is 408 g/mol. The summed E-state index contributed by atoms with van der Waals surface area (Å²) in [5.41, 5.74) is 1.74. The van der Waals surface area contributed by atoms with E-state index < -0.39 is 6.61 Å². The summed E-state index contributed by atoms with van der Waals surface area (Å²) in [6.07, 6.45) is 0. The molecule has 0 aliphatic carbocycles. The Bertz CT molecular complexity index is 925. The lowest BCUT2D eigenvalue weighted by Gasteiger charge is -2.11. The highest BCUT2D eigenvalue weighted by molar-refractivity contribution is 8.00. The largest absolute Gasteiger partial charge is 0.497 e. The first kappa shape index (κ1) is 20.2. The molecule has 1 N–H and O–H groups in total. The second-order valence-corrected chi connectivity index (χ2v) is 7.58. The van der Waals surface area contributed by atoms with Crippen LogP contribution in [-0.4, -0.2) is 31.0 Å². The van der Waals surface area contributed by atoms with Gasteiger partial charge >= 0.3 is 6.61 Å². The van der Waals surface area contributed by atoms with Gasteiger partial charge < -0.3 is 19.5 Å². The van der Waals surface area contributed by atoms with Gasteiger partial charge in [0.1, 0.15) is 5.75 Å². The van der Waals surface area contributed by atoms with E-state index in [0.29, 0.717) is 10.9 Å². The summed E-state index contributed by atoms with van der Waals surface area (Å²) in [5, 5.41) is 12.1. The SMILES string of the molecule is COc1cccc(Nc2nnc(SCc3ccc(OC(F)F)c(OC)c3)s2)c1. The smallest absolute Gasteiger partial charge is 0.387 e. The van der Waals surface area contributed by atoms with Crippen molar-refractivity contribution in [1.82, 2.24) is 10.2 Å². The number of benzene rings is 2. The fourth-order valence-corrected chi connectivity index (χ4v) is 4.00. The van der Waals surface area contributed by atoms with Crippen LogP contribution in [0.1, 0.15) is 5.56 Å². The van der Waals surface area contributed by atoms with Gasteiger partial charge in [-0.1, -0.05) is 35.2 Å². The first-order valence-corrected chi connectivity index (χ1v) is 9.86.